The lowest BCUT2D eigenvalue weighted by molar-refractivity contribution is 0.162. The largest absolute Gasteiger partial charge is 0.494 e. The van der Waals surface area contributed by atoms with Crippen LogP contribution in [-0.4, -0.2) is 31.1 Å². The first-order chi connectivity index (χ1) is 11.4. The summed E-state index contributed by atoms with van der Waals surface area (Å²) in [4.78, 5) is 2.62. The average Bonchev–Trinajstić information content (AvgIpc) is 2.61. The van der Waals surface area contributed by atoms with Crippen molar-refractivity contribution in [2.45, 2.75) is 25.7 Å². The summed E-state index contributed by atoms with van der Waals surface area (Å²) in [6.45, 7) is 4.44. The van der Waals surface area contributed by atoms with Crippen LogP contribution < -0.4 is 4.74 Å². The first-order valence-corrected chi connectivity index (χ1v) is 8.84. The lowest BCUT2D eigenvalue weighted by atomic mass is 9.91. The van der Waals surface area contributed by atoms with E-state index in [1.165, 1.54) is 37.9 Å². The summed E-state index contributed by atoms with van der Waals surface area (Å²) in [5.74, 6) is 1.79. The molecule has 0 N–H and O–H groups in total. The maximum atomic E-state index is 5.79. The van der Waals surface area contributed by atoms with Crippen LogP contribution in [0.5, 0.6) is 5.75 Å². The molecule has 0 bridgehead atoms. The summed E-state index contributed by atoms with van der Waals surface area (Å²) in [5, 5.41) is 0. The van der Waals surface area contributed by atoms with Crippen molar-refractivity contribution in [3.05, 3.63) is 66.2 Å². The van der Waals surface area contributed by atoms with E-state index in [4.69, 9.17) is 4.74 Å². The molecule has 0 radical (unpaired) electrons. The highest BCUT2D eigenvalue weighted by atomic mass is 16.5. The molecule has 1 aliphatic rings. The van der Waals surface area contributed by atoms with Gasteiger partial charge in [0.05, 0.1) is 6.61 Å². The van der Waals surface area contributed by atoms with Gasteiger partial charge in [-0.3, -0.25) is 0 Å². The fraction of sp³-hybridized carbons (Fsp3) is 0.429. The first-order valence-electron chi connectivity index (χ1n) is 8.84. The van der Waals surface area contributed by atoms with Crippen molar-refractivity contribution in [3.8, 4) is 5.75 Å². The van der Waals surface area contributed by atoms with Crippen molar-refractivity contribution in [1.29, 1.82) is 0 Å². The zero-order chi connectivity index (χ0) is 15.7. The number of piperidine rings is 1. The zero-order valence-electron chi connectivity index (χ0n) is 13.9. The van der Waals surface area contributed by atoms with Crippen LogP contribution in [0, 0.1) is 5.92 Å². The molecule has 1 fully saturated rings. The Hall–Kier alpha value is -1.80. The molecular formula is C21H27NO. The Bertz CT molecular complexity index is 555. The van der Waals surface area contributed by atoms with Gasteiger partial charge in [-0.05, 0) is 55.8 Å². The number of hydrogen-bond donors (Lipinski definition) is 0. The van der Waals surface area contributed by atoms with Crippen LogP contribution in [0.2, 0.25) is 0 Å². The number of nitrogens with zero attached hydrogens (tertiary/aromatic N) is 1. The fourth-order valence-electron chi connectivity index (χ4n) is 3.46. The summed E-state index contributed by atoms with van der Waals surface area (Å²) in [6, 6.07) is 21.0. The van der Waals surface area contributed by atoms with Crippen LogP contribution in [0.1, 0.15) is 24.8 Å². The summed E-state index contributed by atoms with van der Waals surface area (Å²) < 4.78 is 5.79. The van der Waals surface area contributed by atoms with E-state index >= 15 is 0 Å². The molecule has 23 heavy (non-hydrogen) atoms. The first kappa shape index (κ1) is 16.1. The number of ether oxygens (including phenoxy) is 1. The van der Waals surface area contributed by atoms with Gasteiger partial charge in [-0.1, -0.05) is 48.5 Å². The molecule has 122 valence electrons. The predicted octanol–water partition coefficient (Wildman–Crippen LogP) is 4.41. The van der Waals surface area contributed by atoms with Crippen molar-refractivity contribution in [2.75, 3.05) is 26.2 Å². The predicted molar refractivity (Wildman–Crippen MR) is 95.9 cm³/mol. The van der Waals surface area contributed by atoms with Gasteiger partial charge < -0.3 is 9.64 Å². The Morgan fingerprint density at radius 3 is 2.48 bits per heavy atom. The van der Waals surface area contributed by atoms with Gasteiger partial charge in [-0.25, -0.2) is 0 Å². The van der Waals surface area contributed by atoms with Gasteiger partial charge in [0.25, 0.3) is 0 Å². The Balaban J connectivity index is 1.37. The van der Waals surface area contributed by atoms with E-state index in [1.807, 2.05) is 30.3 Å². The third-order valence-corrected chi connectivity index (χ3v) is 4.60. The van der Waals surface area contributed by atoms with Gasteiger partial charge in [-0.2, -0.15) is 0 Å². The second kappa shape index (κ2) is 8.73. The minimum Gasteiger partial charge on any atom is -0.494 e. The van der Waals surface area contributed by atoms with E-state index < -0.39 is 0 Å². The standard InChI is InChI=1S/C21H27NO/c1-3-9-19(10-4-1)17-20-11-7-14-22(18-20)15-8-16-23-21-12-5-2-6-13-21/h1-6,9-10,12-13,20H,7-8,11,14-18H2. The van der Waals surface area contributed by atoms with E-state index in [0.29, 0.717) is 0 Å². The minimum atomic E-state index is 0.807. The van der Waals surface area contributed by atoms with Crippen LogP contribution in [0.25, 0.3) is 0 Å². The molecule has 1 unspecified atom stereocenters. The molecule has 2 aromatic rings. The van der Waals surface area contributed by atoms with E-state index in [-0.39, 0.29) is 0 Å². The van der Waals surface area contributed by atoms with Gasteiger partial charge in [0, 0.05) is 13.1 Å². The average molecular weight is 309 g/mol. The Morgan fingerprint density at radius 1 is 0.957 bits per heavy atom. The molecule has 0 saturated carbocycles. The number of rotatable bonds is 7. The Morgan fingerprint density at radius 2 is 1.70 bits per heavy atom. The lowest BCUT2D eigenvalue weighted by Crippen LogP contribution is -2.37. The molecule has 2 heteroatoms. The molecular weight excluding hydrogens is 282 g/mol. The number of hydrogen-bond acceptors (Lipinski definition) is 2. The van der Waals surface area contributed by atoms with E-state index in [1.54, 1.807) is 0 Å². The molecule has 1 aliphatic heterocycles. The van der Waals surface area contributed by atoms with Gasteiger partial charge in [0.2, 0.25) is 0 Å². The monoisotopic (exact) mass is 309 g/mol. The van der Waals surface area contributed by atoms with Gasteiger partial charge in [0.15, 0.2) is 0 Å². The van der Waals surface area contributed by atoms with Crippen molar-refractivity contribution >= 4 is 0 Å². The molecule has 0 amide bonds. The highest BCUT2D eigenvalue weighted by molar-refractivity contribution is 5.20. The SMILES string of the molecule is c1ccc(CC2CCCN(CCCOc3ccccc3)C2)cc1. The summed E-state index contributed by atoms with van der Waals surface area (Å²) in [5.41, 5.74) is 1.48. The van der Waals surface area contributed by atoms with Crippen LogP contribution in [0.4, 0.5) is 0 Å². The Kier molecular flexibility index (Phi) is 6.10. The van der Waals surface area contributed by atoms with E-state index in [2.05, 4.69) is 35.2 Å². The minimum absolute atomic E-state index is 0.807. The summed E-state index contributed by atoms with van der Waals surface area (Å²) in [6.07, 6.45) is 5.02. The second-order valence-corrected chi connectivity index (χ2v) is 6.51. The Labute approximate surface area is 140 Å². The topological polar surface area (TPSA) is 12.5 Å². The maximum Gasteiger partial charge on any atom is 0.119 e. The van der Waals surface area contributed by atoms with E-state index in [0.717, 1.165) is 31.2 Å². The molecule has 0 spiro atoms. The quantitative estimate of drug-likeness (QED) is 0.702. The van der Waals surface area contributed by atoms with Crippen molar-refractivity contribution in [2.24, 2.45) is 5.92 Å². The highest BCUT2D eigenvalue weighted by Crippen LogP contribution is 2.21. The maximum absolute atomic E-state index is 5.79. The summed E-state index contributed by atoms with van der Waals surface area (Å²) >= 11 is 0. The van der Waals surface area contributed by atoms with Crippen molar-refractivity contribution in [3.63, 3.8) is 0 Å². The molecule has 3 rings (SSSR count). The van der Waals surface area contributed by atoms with Crippen LogP contribution in [-0.2, 0) is 6.42 Å². The third kappa shape index (κ3) is 5.40. The molecule has 1 atom stereocenters. The van der Waals surface area contributed by atoms with Gasteiger partial charge in [-0.15, -0.1) is 0 Å². The van der Waals surface area contributed by atoms with E-state index in [9.17, 15) is 0 Å². The molecule has 2 nitrogen and oxygen atoms in total. The van der Waals surface area contributed by atoms with Gasteiger partial charge in [0.1, 0.15) is 5.75 Å². The highest BCUT2D eigenvalue weighted by Gasteiger charge is 2.19. The van der Waals surface area contributed by atoms with Crippen LogP contribution >= 0.6 is 0 Å². The third-order valence-electron chi connectivity index (χ3n) is 4.60. The molecule has 1 saturated heterocycles. The number of para-hydroxylation sites is 1. The molecule has 0 aromatic heterocycles. The normalized spacial score (nSPS) is 18.7. The fourth-order valence-corrected chi connectivity index (χ4v) is 3.46. The van der Waals surface area contributed by atoms with Gasteiger partial charge >= 0.3 is 0 Å². The number of likely N-dealkylation sites (tertiary alicyclic amines) is 1. The van der Waals surface area contributed by atoms with Crippen LogP contribution in [0.3, 0.4) is 0 Å². The summed E-state index contributed by atoms with van der Waals surface area (Å²) in [7, 11) is 0. The molecule has 0 aliphatic carbocycles. The smallest absolute Gasteiger partial charge is 0.119 e. The molecule has 2 aromatic carbocycles. The van der Waals surface area contributed by atoms with Crippen molar-refractivity contribution < 1.29 is 4.74 Å². The lowest BCUT2D eigenvalue weighted by Gasteiger charge is -2.32. The van der Waals surface area contributed by atoms with Crippen LogP contribution in [0.15, 0.2) is 60.7 Å². The number of benzene rings is 2. The second-order valence-electron chi connectivity index (χ2n) is 6.51. The molecule has 1 heterocycles. The van der Waals surface area contributed by atoms with Crippen molar-refractivity contribution in [1.82, 2.24) is 4.90 Å². The zero-order valence-corrected chi connectivity index (χ0v) is 13.9.